The molecule has 0 unspecified atom stereocenters. The molecular weight excluding hydrogens is 393 g/mol. The summed E-state index contributed by atoms with van der Waals surface area (Å²) in [5, 5.41) is 16.3. The summed E-state index contributed by atoms with van der Waals surface area (Å²) in [5.41, 5.74) is 4.26. The second-order valence-corrected chi connectivity index (χ2v) is 7.34. The van der Waals surface area contributed by atoms with Gasteiger partial charge in [0.2, 0.25) is 0 Å². The average Bonchev–Trinajstić information content (AvgIpc) is 2.72. The third-order valence-electron chi connectivity index (χ3n) is 5.09. The first-order chi connectivity index (χ1) is 14.0. The monoisotopic (exact) mass is 411 g/mol. The zero-order chi connectivity index (χ0) is 20.4. The van der Waals surface area contributed by atoms with Crippen molar-refractivity contribution in [2.75, 3.05) is 18.4 Å². The Hall–Kier alpha value is -2.96. The number of carboxylic acids is 1. The number of rotatable bonds is 5. The Labute approximate surface area is 172 Å². The van der Waals surface area contributed by atoms with Crippen LogP contribution in [0.4, 0.5) is 10.1 Å². The molecule has 1 aromatic heterocycles. The van der Waals surface area contributed by atoms with Gasteiger partial charge < -0.3 is 15.7 Å². The lowest BCUT2D eigenvalue weighted by atomic mass is 9.90. The van der Waals surface area contributed by atoms with E-state index in [0.29, 0.717) is 22.8 Å². The van der Waals surface area contributed by atoms with Crippen LogP contribution in [-0.4, -0.2) is 29.1 Å². The van der Waals surface area contributed by atoms with Crippen LogP contribution in [0.25, 0.3) is 11.1 Å². The Bertz CT molecular complexity index is 1070. The van der Waals surface area contributed by atoms with Crippen LogP contribution in [0.3, 0.4) is 0 Å². The predicted molar refractivity (Wildman–Crippen MR) is 111 cm³/mol. The predicted octanol–water partition coefficient (Wildman–Crippen LogP) is 4.54. The molecule has 1 aliphatic rings. The summed E-state index contributed by atoms with van der Waals surface area (Å²) in [6, 6.07) is 12.1. The number of carbonyl (C=O) groups is 1. The zero-order valence-electron chi connectivity index (χ0n) is 15.5. The zero-order valence-corrected chi connectivity index (χ0v) is 16.2. The third kappa shape index (κ3) is 4.09. The summed E-state index contributed by atoms with van der Waals surface area (Å²) < 4.78 is 14.3. The molecule has 1 aliphatic heterocycles. The van der Waals surface area contributed by atoms with Crippen molar-refractivity contribution < 1.29 is 14.3 Å². The molecule has 0 saturated heterocycles. The van der Waals surface area contributed by atoms with E-state index >= 15 is 0 Å². The maximum atomic E-state index is 14.3. The van der Waals surface area contributed by atoms with E-state index in [1.165, 1.54) is 24.5 Å². The molecule has 7 heteroatoms. The highest BCUT2D eigenvalue weighted by molar-refractivity contribution is 6.30. The quantitative estimate of drug-likeness (QED) is 0.574. The minimum atomic E-state index is -0.999. The fourth-order valence-electron chi connectivity index (χ4n) is 3.66. The topological polar surface area (TPSA) is 74.2 Å². The van der Waals surface area contributed by atoms with Gasteiger partial charge in [0.1, 0.15) is 5.82 Å². The number of carboxylic acid groups (broad SMARTS) is 1. The summed E-state index contributed by atoms with van der Waals surface area (Å²) in [4.78, 5) is 15.4. The van der Waals surface area contributed by atoms with Crippen LogP contribution in [0.5, 0.6) is 0 Å². The number of aromatic carboxylic acids is 1. The Morgan fingerprint density at radius 3 is 2.93 bits per heavy atom. The van der Waals surface area contributed by atoms with Crippen molar-refractivity contribution in [3.63, 3.8) is 0 Å². The standard InChI is InChI=1S/C22H19ClFN3O2/c23-15-2-4-16(19(24)10-15)13-1-3-17-14(9-13)5-8-26-21(17)12-27-20-11-25-7-6-18(20)22(28)29/h1-4,6-7,9-11,21,26-27H,5,8,12H2,(H,28,29)/t21-/m0/s1. The van der Waals surface area contributed by atoms with Crippen molar-refractivity contribution in [1.29, 1.82) is 0 Å². The fourth-order valence-corrected chi connectivity index (χ4v) is 3.82. The molecule has 5 nitrogen and oxygen atoms in total. The van der Waals surface area contributed by atoms with Gasteiger partial charge in [0.25, 0.3) is 0 Å². The normalized spacial score (nSPS) is 15.6. The van der Waals surface area contributed by atoms with Crippen molar-refractivity contribution in [3.8, 4) is 11.1 Å². The van der Waals surface area contributed by atoms with Gasteiger partial charge in [-0.25, -0.2) is 9.18 Å². The van der Waals surface area contributed by atoms with Crippen LogP contribution in [0.1, 0.15) is 27.5 Å². The molecule has 3 aromatic rings. The fraction of sp³-hybridized carbons (Fsp3) is 0.182. The number of aromatic nitrogens is 1. The second kappa shape index (κ2) is 8.19. The van der Waals surface area contributed by atoms with E-state index in [1.807, 2.05) is 18.2 Å². The number of nitrogens with zero attached hydrogens (tertiary/aromatic N) is 1. The number of hydrogen-bond acceptors (Lipinski definition) is 4. The number of benzene rings is 2. The summed E-state index contributed by atoms with van der Waals surface area (Å²) >= 11 is 5.86. The maximum Gasteiger partial charge on any atom is 0.337 e. The SMILES string of the molecule is O=C(O)c1ccncc1NC[C@@H]1NCCc2cc(-c3ccc(Cl)cc3F)ccc21. The van der Waals surface area contributed by atoms with Crippen molar-refractivity contribution in [2.24, 2.45) is 0 Å². The molecule has 0 amide bonds. The molecule has 0 spiro atoms. The number of nitrogens with one attached hydrogen (secondary N) is 2. The lowest BCUT2D eigenvalue weighted by molar-refractivity contribution is 0.0697. The molecule has 148 valence electrons. The van der Waals surface area contributed by atoms with Crippen LogP contribution in [0, 0.1) is 5.82 Å². The van der Waals surface area contributed by atoms with Crippen molar-refractivity contribution in [3.05, 3.63) is 82.4 Å². The summed E-state index contributed by atoms with van der Waals surface area (Å²) in [5.74, 6) is -1.34. The highest BCUT2D eigenvalue weighted by Gasteiger charge is 2.21. The van der Waals surface area contributed by atoms with E-state index in [-0.39, 0.29) is 17.4 Å². The van der Waals surface area contributed by atoms with Crippen molar-refractivity contribution in [1.82, 2.24) is 10.3 Å². The maximum absolute atomic E-state index is 14.3. The van der Waals surface area contributed by atoms with Gasteiger partial charge in [-0.15, -0.1) is 0 Å². The summed E-state index contributed by atoms with van der Waals surface area (Å²) in [7, 11) is 0. The first kappa shape index (κ1) is 19.4. The molecule has 0 saturated carbocycles. The number of pyridine rings is 1. The van der Waals surface area contributed by atoms with Gasteiger partial charge in [-0.2, -0.15) is 0 Å². The van der Waals surface area contributed by atoms with E-state index in [9.17, 15) is 14.3 Å². The van der Waals surface area contributed by atoms with E-state index in [2.05, 4.69) is 15.6 Å². The van der Waals surface area contributed by atoms with Gasteiger partial charge in [0.05, 0.1) is 17.4 Å². The second-order valence-electron chi connectivity index (χ2n) is 6.90. The number of fused-ring (bicyclic) bond motifs is 1. The van der Waals surface area contributed by atoms with Crippen LogP contribution in [-0.2, 0) is 6.42 Å². The number of halogens is 2. The van der Waals surface area contributed by atoms with E-state index in [0.717, 1.165) is 29.7 Å². The molecule has 1 atom stereocenters. The van der Waals surface area contributed by atoms with Gasteiger partial charge >= 0.3 is 5.97 Å². The minimum Gasteiger partial charge on any atom is -0.478 e. The molecule has 0 bridgehead atoms. The highest BCUT2D eigenvalue weighted by atomic mass is 35.5. The van der Waals surface area contributed by atoms with Gasteiger partial charge in [0, 0.05) is 29.4 Å². The van der Waals surface area contributed by atoms with Crippen LogP contribution < -0.4 is 10.6 Å². The Morgan fingerprint density at radius 2 is 2.14 bits per heavy atom. The lowest BCUT2D eigenvalue weighted by Gasteiger charge is -2.28. The molecule has 2 heterocycles. The summed E-state index contributed by atoms with van der Waals surface area (Å²) in [6.45, 7) is 1.29. The Morgan fingerprint density at radius 1 is 1.28 bits per heavy atom. The minimum absolute atomic E-state index is 0.00437. The molecule has 0 radical (unpaired) electrons. The number of anilines is 1. The first-order valence-electron chi connectivity index (χ1n) is 9.26. The van der Waals surface area contributed by atoms with Gasteiger partial charge in [0.15, 0.2) is 0 Å². The molecule has 2 aromatic carbocycles. The molecule has 3 N–H and O–H groups in total. The lowest BCUT2D eigenvalue weighted by Crippen LogP contribution is -2.34. The van der Waals surface area contributed by atoms with Crippen LogP contribution in [0.15, 0.2) is 54.9 Å². The van der Waals surface area contributed by atoms with Crippen LogP contribution in [0.2, 0.25) is 5.02 Å². The summed E-state index contributed by atoms with van der Waals surface area (Å²) in [6.07, 6.45) is 3.81. The molecule has 0 fully saturated rings. The van der Waals surface area contributed by atoms with E-state index < -0.39 is 5.97 Å². The number of hydrogen-bond donors (Lipinski definition) is 3. The molecule has 4 rings (SSSR count). The first-order valence-corrected chi connectivity index (χ1v) is 9.63. The Balaban J connectivity index is 1.57. The smallest absolute Gasteiger partial charge is 0.337 e. The van der Waals surface area contributed by atoms with Gasteiger partial charge in [-0.3, -0.25) is 4.98 Å². The van der Waals surface area contributed by atoms with Crippen molar-refractivity contribution in [2.45, 2.75) is 12.5 Å². The molecular formula is C22H19ClFN3O2. The van der Waals surface area contributed by atoms with Crippen LogP contribution >= 0.6 is 11.6 Å². The van der Waals surface area contributed by atoms with Gasteiger partial charge in [-0.1, -0.05) is 29.8 Å². The van der Waals surface area contributed by atoms with Crippen molar-refractivity contribution >= 4 is 23.3 Å². The molecule has 29 heavy (non-hydrogen) atoms. The highest BCUT2D eigenvalue weighted by Crippen LogP contribution is 2.31. The van der Waals surface area contributed by atoms with E-state index in [4.69, 9.17) is 11.6 Å². The van der Waals surface area contributed by atoms with Gasteiger partial charge in [-0.05, 0) is 53.9 Å². The largest absolute Gasteiger partial charge is 0.478 e. The average molecular weight is 412 g/mol. The third-order valence-corrected chi connectivity index (χ3v) is 5.33. The molecule has 0 aliphatic carbocycles. The van der Waals surface area contributed by atoms with E-state index in [1.54, 1.807) is 12.1 Å². The Kier molecular flexibility index (Phi) is 5.47.